The van der Waals surface area contributed by atoms with Crippen molar-refractivity contribution in [3.8, 4) is 17.3 Å². The fourth-order valence-corrected chi connectivity index (χ4v) is 3.76. The zero-order chi connectivity index (χ0) is 25.4. The second-order valence-corrected chi connectivity index (χ2v) is 9.99. The third-order valence-electron chi connectivity index (χ3n) is 5.34. The molecule has 0 bridgehead atoms. The zero-order valence-corrected chi connectivity index (χ0v) is 20.3. The van der Waals surface area contributed by atoms with Gasteiger partial charge in [-0.15, -0.1) is 0 Å². The van der Waals surface area contributed by atoms with E-state index in [1.165, 1.54) is 19.2 Å². The van der Waals surface area contributed by atoms with E-state index in [2.05, 4.69) is 21.7 Å². The summed E-state index contributed by atoms with van der Waals surface area (Å²) in [6.07, 6.45) is 1.59. The molecule has 0 radical (unpaired) electrons. The van der Waals surface area contributed by atoms with E-state index in [0.717, 1.165) is 16.1 Å². The number of anilines is 1. The molecule has 35 heavy (non-hydrogen) atoms. The van der Waals surface area contributed by atoms with Crippen LogP contribution in [0.5, 0.6) is 0 Å². The van der Waals surface area contributed by atoms with Crippen LogP contribution < -0.4 is 10.6 Å². The molecule has 0 atom stereocenters. The molecule has 1 amide bonds. The minimum absolute atomic E-state index is 0.115. The van der Waals surface area contributed by atoms with Crippen molar-refractivity contribution in [1.29, 1.82) is 5.26 Å². The largest absolute Gasteiger partial charge is 0.369 e. The molecule has 0 spiro atoms. The van der Waals surface area contributed by atoms with Crippen LogP contribution in [0, 0.1) is 17.1 Å². The SMILES string of the molecule is CN(CCNC(=O)c1ccc(-c2ccccc2C#N)nc1NCCc1cccc(F)c1)S(C)(=O)=O. The molecule has 0 saturated carbocycles. The first-order chi connectivity index (χ1) is 16.7. The molecule has 0 aliphatic carbocycles. The van der Waals surface area contributed by atoms with Crippen LogP contribution in [0.15, 0.2) is 60.7 Å². The Morgan fingerprint density at radius 2 is 1.89 bits per heavy atom. The lowest BCUT2D eigenvalue weighted by atomic mass is 10.0. The second kappa shape index (κ2) is 11.6. The minimum atomic E-state index is -3.35. The van der Waals surface area contributed by atoms with Crippen LogP contribution in [-0.4, -0.2) is 56.6 Å². The van der Waals surface area contributed by atoms with Gasteiger partial charge >= 0.3 is 0 Å². The molecule has 8 nitrogen and oxygen atoms in total. The number of rotatable bonds is 10. The van der Waals surface area contributed by atoms with Crippen molar-refractivity contribution in [3.63, 3.8) is 0 Å². The normalized spacial score (nSPS) is 11.2. The van der Waals surface area contributed by atoms with Gasteiger partial charge in [-0.3, -0.25) is 4.79 Å². The van der Waals surface area contributed by atoms with E-state index in [4.69, 9.17) is 0 Å². The van der Waals surface area contributed by atoms with E-state index >= 15 is 0 Å². The van der Waals surface area contributed by atoms with Gasteiger partial charge in [-0.1, -0.05) is 30.3 Å². The highest BCUT2D eigenvalue weighted by Gasteiger charge is 2.17. The highest BCUT2D eigenvalue weighted by Crippen LogP contribution is 2.25. The van der Waals surface area contributed by atoms with E-state index < -0.39 is 15.9 Å². The van der Waals surface area contributed by atoms with Gasteiger partial charge in [-0.05, 0) is 42.3 Å². The van der Waals surface area contributed by atoms with Crippen LogP contribution >= 0.6 is 0 Å². The van der Waals surface area contributed by atoms with E-state index in [9.17, 15) is 22.9 Å². The molecule has 3 rings (SSSR count). The van der Waals surface area contributed by atoms with Crippen molar-refractivity contribution < 1.29 is 17.6 Å². The Hall–Kier alpha value is -3.81. The average molecular weight is 496 g/mol. The number of nitriles is 1. The van der Waals surface area contributed by atoms with E-state index in [-0.39, 0.29) is 24.5 Å². The highest BCUT2D eigenvalue weighted by molar-refractivity contribution is 7.88. The smallest absolute Gasteiger partial charge is 0.255 e. The number of likely N-dealkylation sites (N-methyl/N-ethyl adjacent to an activating group) is 1. The maximum absolute atomic E-state index is 13.5. The van der Waals surface area contributed by atoms with Crippen molar-refractivity contribution in [1.82, 2.24) is 14.6 Å². The standard InChI is InChI=1S/C25H26FN5O3S/c1-31(35(2,33)34)15-14-29-25(32)22-10-11-23(21-9-4-3-7-19(21)17-27)30-24(22)28-13-12-18-6-5-8-20(26)16-18/h3-11,16H,12-15H2,1-2H3,(H,28,30)(H,29,32). The number of sulfonamides is 1. The van der Waals surface area contributed by atoms with Crippen molar-refractivity contribution in [2.75, 3.05) is 38.3 Å². The molecule has 0 fully saturated rings. The van der Waals surface area contributed by atoms with Gasteiger partial charge in [0.1, 0.15) is 11.6 Å². The quantitative estimate of drug-likeness (QED) is 0.447. The predicted octanol–water partition coefficient (Wildman–Crippen LogP) is 3.04. The van der Waals surface area contributed by atoms with Crippen molar-refractivity contribution >= 4 is 21.7 Å². The molecular formula is C25H26FN5O3S. The van der Waals surface area contributed by atoms with Gasteiger partial charge < -0.3 is 10.6 Å². The number of nitrogens with zero attached hydrogens (tertiary/aromatic N) is 3. The summed E-state index contributed by atoms with van der Waals surface area (Å²) in [4.78, 5) is 17.5. The van der Waals surface area contributed by atoms with E-state index in [1.54, 1.807) is 42.5 Å². The average Bonchev–Trinajstić information content (AvgIpc) is 2.83. The number of amides is 1. The van der Waals surface area contributed by atoms with Crippen molar-refractivity contribution in [2.24, 2.45) is 0 Å². The van der Waals surface area contributed by atoms with Crippen LogP contribution in [0.4, 0.5) is 10.2 Å². The molecule has 182 valence electrons. The Balaban J connectivity index is 1.82. The Morgan fingerprint density at radius 1 is 1.11 bits per heavy atom. The van der Waals surface area contributed by atoms with E-state index in [0.29, 0.717) is 35.6 Å². The first-order valence-corrected chi connectivity index (χ1v) is 12.7. The molecule has 1 aromatic heterocycles. The first kappa shape index (κ1) is 25.8. The van der Waals surface area contributed by atoms with Gasteiger partial charge in [0.25, 0.3) is 5.91 Å². The predicted molar refractivity (Wildman–Crippen MR) is 133 cm³/mol. The number of hydrogen-bond donors (Lipinski definition) is 2. The van der Waals surface area contributed by atoms with Crippen LogP contribution in [0.1, 0.15) is 21.5 Å². The summed E-state index contributed by atoms with van der Waals surface area (Å²) in [5.41, 5.74) is 2.66. The Bertz CT molecular complexity index is 1360. The number of carbonyl (C=O) groups is 1. The molecule has 0 unspecified atom stereocenters. The molecule has 3 aromatic rings. The van der Waals surface area contributed by atoms with Gasteiger partial charge in [0.05, 0.1) is 29.1 Å². The molecular weight excluding hydrogens is 469 g/mol. The summed E-state index contributed by atoms with van der Waals surface area (Å²) in [7, 11) is -1.92. The third kappa shape index (κ3) is 7.09. The van der Waals surface area contributed by atoms with Crippen LogP contribution in [0.25, 0.3) is 11.3 Å². The Morgan fingerprint density at radius 3 is 2.60 bits per heavy atom. The number of halogens is 1. The summed E-state index contributed by atoms with van der Waals surface area (Å²) < 4.78 is 37.8. The molecule has 0 saturated heterocycles. The summed E-state index contributed by atoms with van der Waals surface area (Å²) in [6, 6.07) is 18.7. The molecule has 2 N–H and O–H groups in total. The number of nitrogens with one attached hydrogen (secondary N) is 2. The summed E-state index contributed by atoms with van der Waals surface area (Å²) in [6.45, 7) is 0.620. The van der Waals surface area contributed by atoms with Gasteiger partial charge in [0.2, 0.25) is 10.0 Å². The fraction of sp³-hybridized carbons (Fsp3) is 0.240. The number of carbonyl (C=O) groups excluding carboxylic acids is 1. The summed E-state index contributed by atoms with van der Waals surface area (Å²) in [5.74, 6) is -0.441. The number of pyridine rings is 1. The maximum atomic E-state index is 13.5. The molecule has 0 aliphatic rings. The highest BCUT2D eigenvalue weighted by atomic mass is 32.2. The summed E-state index contributed by atoms with van der Waals surface area (Å²) in [5, 5.41) is 15.3. The number of benzene rings is 2. The molecule has 0 aliphatic heterocycles. The van der Waals surface area contributed by atoms with Gasteiger partial charge in [-0.25, -0.2) is 22.1 Å². The lowest BCUT2D eigenvalue weighted by molar-refractivity contribution is 0.0952. The lowest BCUT2D eigenvalue weighted by Gasteiger charge is -2.16. The minimum Gasteiger partial charge on any atom is -0.369 e. The molecule has 10 heteroatoms. The van der Waals surface area contributed by atoms with Gasteiger partial charge in [-0.2, -0.15) is 5.26 Å². The maximum Gasteiger partial charge on any atom is 0.255 e. The zero-order valence-electron chi connectivity index (χ0n) is 19.5. The lowest BCUT2D eigenvalue weighted by Crippen LogP contribution is -2.36. The van der Waals surface area contributed by atoms with Crippen LogP contribution in [-0.2, 0) is 16.4 Å². The van der Waals surface area contributed by atoms with Crippen molar-refractivity contribution in [2.45, 2.75) is 6.42 Å². The molecule has 1 heterocycles. The number of aromatic nitrogens is 1. The van der Waals surface area contributed by atoms with Crippen LogP contribution in [0.3, 0.4) is 0 Å². The number of hydrogen-bond acceptors (Lipinski definition) is 6. The summed E-state index contributed by atoms with van der Waals surface area (Å²) >= 11 is 0. The van der Waals surface area contributed by atoms with Gasteiger partial charge in [0.15, 0.2) is 0 Å². The van der Waals surface area contributed by atoms with Gasteiger partial charge in [0, 0.05) is 32.2 Å². The van der Waals surface area contributed by atoms with E-state index in [1.807, 2.05) is 6.07 Å². The van der Waals surface area contributed by atoms with Crippen molar-refractivity contribution in [3.05, 3.63) is 83.2 Å². The Kier molecular flexibility index (Phi) is 8.52. The fourth-order valence-electron chi connectivity index (χ4n) is 3.34. The Labute approximate surface area is 204 Å². The second-order valence-electron chi connectivity index (χ2n) is 7.90. The first-order valence-electron chi connectivity index (χ1n) is 10.9. The monoisotopic (exact) mass is 495 g/mol. The van der Waals surface area contributed by atoms with Crippen LogP contribution in [0.2, 0.25) is 0 Å². The topological polar surface area (TPSA) is 115 Å². The third-order valence-corrected chi connectivity index (χ3v) is 6.65. The molecule has 2 aromatic carbocycles.